The SMILES string of the molecule is Cc1cc(C)n(-c2cc(Oc3ccc(NC(=O)Nc4ccccc4F)cc3)nc(C)n2)n1. The number of carbonyl (C=O) groups is 1. The molecule has 2 amide bonds. The van der Waals surface area contributed by atoms with Gasteiger partial charge in [0.25, 0.3) is 0 Å². The van der Waals surface area contributed by atoms with Crippen LogP contribution in [0, 0.1) is 26.6 Å². The third-order valence-electron chi connectivity index (χ3n) is 4.48. The molecule has 32 heavy (non-hydrogen) atoms. The fraction of sp³-hybridized carbons (Fsp3) is 0.130. The standard InChI is InChI=1S/C23H21FN6O2/c1-14-12-15(2)30(29-14)21-13-22(26-16(3)25-21)32-18-10-8-17(9-11-18)27-23(31)28-20-7-5-4-6-19(20)24/h4-13H,1-3H3,(H2,27,28,31). The maximum Gasteiger partial charge on any atom is 0.323 e. The van der Waals surface area contributed by atoms with Crippen LogP contribution < -0.4 is 15.4 Å². The number of aromatic nitrogens is 4. The Morgan fingerprint density at radius 3 is 2.41 bits per heavy atom. The normalized spacial score (nSPS) is 10.6. The Morgan fingerprint density at radius 2 is 1.72 bits per heavy atom. The van der Waals surface area contributed by atoms with Gasteiger partial charge >= 0.3 is 6.03 Å². The van der Waals surface area contributed by atoms with Crippen molar-refractivity contribution in [2.24, 2.45) is 0 Å². The molecule has 4 rings (SSSR count). The van der Waals surface area contributed by atoms with Crippen molar-refractivity contribution in [2.45, 2.75) is 20.8 Å². The first-order valence-corrected chi connectivity index (χ1v) is 9.87. The van der Waals surface area contributed by atoms with E-state index in [1.165, 1.54) is 12.1 Å². The summed E-state index contributed by atoms with van der Waals surface area (Å²) < 4.78 is 21.3. The molecule has 0 aliphatic carbocycles. The molecule has 0 radical (unpaired) electrons. The average Bonchev–Trinajstić information content (AvgIpc) is 3.09. The smallest absolute Gasteiger partial charge is 0.323 e. The van der Waals surface area contributed by atoms with E-state index in [0.717, 1.165) is 11.4 Å². The van der Waals surface area contributed by atoms with E-state index in [2.05, 4.69) is 25.7 Å². The number of rotatable bonds is 5. The molecule has 162 valence electrons. The van der Waals surface area contributed by atoms with Crippen molar-refractivity contribution in [1.29, 1.82) is 0 Å². The molecule has 8 nitrogen and oxygen atoms in total. The topological polar surface area (TPSA) is 94.0 Å². The van der Waals surface area contributed by atoms with E-state index in [0.29, 0.717) is 29.0 Å². The predicted molar refractivity (Wildman–Crippen MR) is 119 cm³/mol. The van der Waals surface area contributed by atoms with Crippen LogP contribution in [0.15, 0.2) is 60.7 Å². The van der Waals surface area contributed by atoms with Crippen molar-refractivity contribution in [1.82, 2.24) is 19.7 Å². The Hall–Kier alpha value is -4.27. The molecule has 2 aromatic carbocycles. The Bertz CT molecular complexity index is 1270. The number of aryl methyl sites for hydroxylation is 3. The maximum absolute atomic E-state index is 13.7. The fourth-order valence-corrected chi connectivity index (χ4v) is 3.12. The van der Waals surface area contributed by atoms with Crippen LogP contribution in [0.25, 0.3) is 5.82 Å². The number of benzene rings is 2. The van der Waals surface area contributed by atoms with Crippen molar-refractivity contribution in [3.63, 3.8) is 0 Å². The molecule has 0 saturated carbocycles. The summed E-state index contributed by atoms with van der Waals surface area (Å²) in [4.78, 5) is 20.9. The van der Waals surface area contributed by atoms with Crippen LogP contribution in [0.1, 0.15) is 17.2 Å². The van der Waals surface area contributed by atoms with E-state index >= 15 is 0 Å². The lowest BCUT2D eigenvalue weighted by Gasteiger charge is -2.10. The first-order chi connectivity index (χ1) is 15.4. The summed E-state index contributed by atoms with van der Waals surface area (Å²) in [6.07, 6.45) is 0. The lowest BCUT2D eigenvalue weighted by molar-refractivity contribution is 0.262. The minimum Gasteiger partial charge on any atom is -0.439 e. The zero-order chi connectivity index (χ0) is 22.7. The second-order valence-electron chi connectivity index (χ2n) is 7.14. The second-order valence-corrected chi connectivity index (χ2v) is 7.14. The molecule has 2 N–H and O–H groups in total. The number of nitrogens with one attached hydrogen (secondary N) is 2. The predicted octanol–water partition coefficient (Wildman–Crippen LogP) is 5.16. The van der Waals surface area contributed by atoms with E-state index in [9.17, 15) is 9.18 Å². The summed E-state index contributed by atoms with van der Waals surface area (Å²) in [7, 11) is 0. The number of hydrogen-bond acceptors (Lipinski definition) is 5. The van der Waals surface area contributed by atoms with E-state index in [4.69, 9.17) is 4.74 Å². The minimum absolute atomic E-state index is 0.0995. The van der Waals surface area contributed by atoms with E-state index in [1.807, 2.05) is 19.9 Å². The van der Waals surface area contributed by atoms with Crippen LogP contribution in [-0.4, -0.2) is 25.8 Å². The van der Waals surface area contributed by atoms with Crippen molar-refractivity contribution >= 4 is 17.4 Å². The zero-order valence-corrected chi connectivity index (χ0v) is 17.8. The van der Waals surface area contributed by atoms with Crippen LogP contribution >= 0.6 is 0 Å². The largest absolute Gasteiger partial charge is 0.439 e. The Morgan fingerprint density at radius 1 is 0.969 bits per heavy atom. The molecule has 0 aliphatic heterocycles. The number of hydrogen-bond donors (Lipinski definition) is 2. The maximum atomic E-state index is 13.7. The van der Waals surface area contributed by atoms with E-state index in [1.54, 1.807) is 54.1 Å². The van der Waals surface area contributed by atoms with Gasteiger partial charge in [0.15, 0.2) is 5.82 Å². The van der Waals surface area contributed by atoms with Gasteiger partial charge < -0.3 is 15.4 Å². The Balaban J connectivity index is 1.44. The highest BCUT2D eigenvalue weighted by molar-refractivity contribution is 5.99. The lowest BCUT2D eigenvalue weighted by atomic mass is 10.3. The summed E-state index contributed by atoms with van der Waals surface area (Å²) in [5.41, 5.74) is 2.47. The van der Waals surface area contributed by atoms with Crippen molar-refractivity contribution in [3.05, 3.63) is 83.7 Å². The number of amides is 2. The molecule has 0 aliphatic rings. The summed E-state index contributed by atoms with van der Waals surface area (Å²) in [5, 5.41) is 9.56. The molecular weight excluding hydrogens is 411 g/mol. The highest BCUT2D eigenvalue weighted by atomic mass is 19.1. The fourth-order valence-electron chi connectivity index (χ4n) is 3.12. The van der Waals surface area contributed by atoms with Crippen molar-refractivity contribution in [3.8, 4) is 17.4 Å². The molecule has 4 aromatic rings. The van der Waals surface area contributed by atoms with Gasteiger partial charge in [0.1, 0.15) is 17.4 Å². The molecule has 2 aromatic heterocycles. The summed E-state index contributed by atoms with van der Waals surface area (Å²) in [6, 6.07) is 15.8. The first kappa shape index (κ1) is 21.0. The van der Waals surface area contributed by atoms with Crippen molar-refractivity contribution < 1.29 is 13.9 Å². The third kappa shape index (κ3) is 4.89. The number of ether oxygens (including phenoxy) is 1. The first-order valence-electron chi connectivity index (χ1n) is 9.87. The summed E-state index contributed by atoms with van der Waals surface area (Å²) >= 11 is 0. The van der Waals surface area contributed by atoms with Crippen LogP contribution in [-0.2, 0) is 0 Å². The van der Waals surface area contributed by atoms with Gasteiger partial charge in [-0.1, -0.05) is 12.1 Å². The van der Waals surface area contributed by atoms with Crippen LogP contribution in [0.3, 0.4) is 0 Å². The highest BCUT2D eigenvalue weighted by Crippen LogP contribution is 2.24. The molecule has 2 heterocycles. The lowest BCUT2D eigenvalue weighted by Crippen LogP contribution is -2.20. The highest BCUT2D eigenvalue weighted by Gasteiger charge is 2.11. The van der Waals surface area contributed by atoms with Crippen LogP contribution in [0.2, 0.25) is 0 Å². The molecule has 0 bridgehead atoms. The molecule has 0 atom stereocenters. The van der Waals surface area contributed by atoms with E-state index in [-0.39, 0.29) is 5.69 Å². The van der Waals surface area contributed by atoms with Gasteiger partial charge in [-0.05, 0) is 63.2 Å². The summed E-state index contributed by atoms with van der Waals surface area (Å²) in [5.74, 6) is 1.56. The van der Waals surface area contributed by atoms with Gasteiger partial charge in [0.2, 0.25) is 5.88 Å². The Kier molecular flexibility index (Phi) is 5.80. The van der Waals surface area contributed by atoms with Gasteiger partial charge in [-0.2, -0.15) is 10.1 Å². The van der Waals surface area contributed by atoms with Crippen LogP contribution in [0.5, 0.6) is 11.6 Å². The van der Waals surface area contributed by atoms with Gasteiger partial charge in [-0.15, -0.1) is 0 Å². The quantitative estimate of drug-likeness (QED) is 0.454. The molecule has 9 heteroatoms. The second kappa shape index (κ2) is 8.84. The van der Waals surface area contributed by atoms with Gasteiger partial charge in [-0.25, -0.2) is 18.9 Å². The average molecular weight is 432 g/mol. The third-order valence-corrected chi connectivity index (χ3v) is 4.48. The van der Waals surface area contributed by atoms with E-state index < -0.39 is 11.8 Å². The zero-order valence-electron chi connectivity index (χ0n) is 17.8. The van der Waals surface area contributed by atoms with Gasteiger partial charge in [0, 0.05) is 17.4 Å². The van der Waals surface area contributed by atoms with Gasteiger partial charge in [0.05, 0.1) is 11.4 Å². The Labute approximate surface area is 184 Å². The monoisotopic (exact) mass is 432 g/mol. The molecule has 0 unspecified atom stereocenters. The number of halogens is 1. The minimum atomic E-state index is -0.551. The summed E-state index contributed by atoms with van der Waals surface area (Å²) in [6.45, 7) is 5.65. The van der Waals surface area contributed by atoms with Crippen LogP contribution in [0.4, 0.5) is 20.6 Å². The molecule has 0 saturated heterocycles. The molecule has 0 fully saturated rings. The van der Waals surface area contributed by atoms with Gasteiger partial charge in [-0.3, -0.25) is 0 Å². The molecular formula is C23H21FN6O2. The number of anilines is 2. The number of nitrogens with zero attached hydrogens (tertiary/aromatic N) is 4. The number of carbonyl (C=O) groups excluding carboxylic acids is 1. The number of urea groups is 1. The number of para-hydroxylation sites is 1. The molecule has 0 spiro atoms. The van der Waals surface area contributed by atoms with Crippen molar-refractivity contribution in [2.75, 3.05) is 10.6 Å².